The van der Waals surface area contributed by atoms with E-state index in [1.807, 2.05) is 60.9 Å². The third kappa shape index (κ3) is 5.17. The van der Waals surface area contributed by atoms with E-state index in [2.05, 4.69) is 137 Å². The number of pyridine rings is 2. The van der Waals surface area contributed by atoms with Crippen molar-refractivity contribution < 1.29 is 8.83 Å². The van der Waals surface area contributed by atoms with Gasteiger partial charge in [0.25, 0.3) is 0 Å². The predicted octanol–water partition coefficient (Wildman–Crippen LogP) is 13.9. The molecule has 0 amide bonds. The molecule has 4 heterocycles. The highest BCUT2D eigenvalue weighted by Crippen LogP contribution is 2.41. The number of furan rings is 2. The van der Waals surface area contributed by atoms with Crippen LogP contribution in [0.2, 0.25) is 0 Å². The van der Waals surface area contributed by atoms with E-state index in [9.17, 15) is 0 Å². The van der Waals surface area contributed by atoms with Crippen molar-refractivity contribution in [2.24, 2.45) is 0 Å². The van der Waals surface area contributed by atoms with Gasteiger partial charge < -0.3 is 13.7 Å². The van der Waals surface area contributed by atoms with Crippen LogP contribution < -0.4 is 4.90 Å². The molecule has 5 nitrogen and oxygen atoms in total. The topological polar surface area (TPSA) is 55.3 Å². The number of rotatable bonds is 6. The Kier molecular flexibility index (Phi) is 7.10. The fourth-order valence-electron chi connectivity index (χ4n) is 7.98. The Morgan fingerprint density at radius 2 is 1.02 bits per heavy atom. The summed E-state index contributed by atoms with van der Waals surface area (Å²) >= 11 is 0. The molecule has 11 rings (SSSR count). The third-order valence-electron chi connectivity index (χ3n) is 10.6. The van der Waals surface area contributed by atoms with Crippen molar-refractivity contribution >= 4 is 71.8 Å². The second-order valence-electron chi connectivity index (χ2n) is 13.8. The number of anilines is 3. The molecule has 0 N–H and O–H groups in total. The van der Waals surface area contributed by atoms with Crippen molar-refractivity contribution in [1.82, 2.24) is 9.97 Å². The van der Waals surface area contributed by atoms with E-state index in [1.165, 1.54) is 16.3 Å². The predicted molar refractivity (Wildman–Crippen MR) is 225 cm³/mol. The van der Waals surface area contributed by atoms with Gasteiger partial charge >= 0.3 is 0 Å². The van der Waals surface area contributed by atoms with Gasteiger partial charge in [-0.3, -0.25) is 9.97 Å². The summed E-state index contributed by atoms with van der Waals surface area (Å²) in [5.41, 5.74) is 13.5. The Morgan fingerprint density at radius 3 is 1.84 bits per heavy atom. The molecule has 0 aliphatic heterocycles. The van der Waals surface area contributed by atoms with Gasteiger partial charge in [-0.25, -0.2) is 0 Å². The fourth-order valence-corrected chi connectivity index (χ4v) is 7.98. The summed E-state index contributed by atoms with van der Waals surface area (Å²) in [7, 11) is 0. The van der Waals surface area contributed by atoms with Crippen LogP contribution in [0.15, 0.2) is 197 Å². The smallest absolute Gasteiger partial charge is 0.161 e. The van der Waals surface area contributed by atoms with Gasteiger partial charge in [0.1, 0.15) is 22.4 Å². The van der Waals surface area contributed by atoms with Gasteiger partial charge in [-0.15, -0.1) is 0 Å². The molecule has 55 heavy (non-hydrogen) atoms. The number of para-hydroxylation sites is 2. The molecule has 0 spiro atoms. The molecule has 5 heteroatoms. The van der Waals surface area contributed by atoms with Crippen molar-refractivity contribution in [2.75, 3.05) is 4.90 Å². The monoisotopic (exact) mass is 705 g/mol. The minimum atomic E-state index is 0.791. The maximum atomic E-state index is 6.35. The molecule has 0 radical (unpaired) electrons. The van der Waals surface area contributed by atoms with Gasteiger partial charge in [0, 0.05) is 56.7 Å². The van der Waals surface area contributed by atoms with Crippen LogP contribution in [0.25, 0.3) is 88.3 Å². The van der Waals surface area contributed by atoms with Crippen LogP contribution in [0.4, 0.5) is 17.1 Å². The Bertz CT molecular complexity index is 3050. The number of nitrogens with zero attached hydrogens (tertiary/aromatic N) is 3. The van der Waals surface area contributed by atoms with Gasteiger partial charge in [0.2, 0.25) is 0 Å². The Labute approximate surface area is 316 Å². The zero-order chi connectivity index (χ0) is 36.3. The van der Waals surface area contributed by atoms with E-state index in [1.54, 1.807) is 0 Å². The first-order valence-electron chi connectivity index (χ1n) is 18.4. The lowest BCUT2D eigenvalue weighted by Gasteiger charge is -2.26. The molecule has 0 aliphatic carbocycles. The molecular formula is C50H31N3O2. The highest BCUT2D eigenvalue weighted by atomic mass is 16.3. The SMILES string of the molecule is c1cc(-c2cccc3ccccc23)cc(N(c2ccc(-c3nccc4c3oc3ccccc34)cc2)c2ccc(-c3ccnc4c3oc3ccccc34)cc2)c1. The number of benzene rings is 7. The van der Waals surface area contributed by atoms with Gasteiger partial charge in [-0.1, -0.05) is 109 Å². The maximum Gasteiger partial charge on any atom is 0.161 e. The molecule has 0 fully saturated rings. The molecular weight excluding hydrogens is 675 g/mol. The summed E-state index contributed by atoms with van der Waals surface area (Å²) in [6.45, 7) is 0. The summed E-state index contributed by atoms with van der Waals surface area (Å²) in [6, 6.07) is 61.4. The first-order chi connectivity index (χ1) is 27.3. The van der Waals surface area contributed by atoms with Crippen LogP contribution in [-0.4, -0.2) is 9.97 Å². The zero-order valence-electron chi connectivity index (χ0n) is 29.6. The van der Waals surface area contributed by atoms with Gasteiger partial charge in [-0.05, 0) is 94.2 Å². The van der Waals surface area contributed by atoms with Gasteiger partial charge in [0.15, 0.2) is 11.2 Å². The minimum Gasteiger partial charge on any atom is -0.454 e. The molecule has 11 aromatic rings. The Balaban J connectivity index is 1.03. The zero-order valence-corrected chi connectivity index (χ0v) is 29.6. The Morgan fingerprint density at radius 1 is 0.382 bits per heavy atom. The summed E-state index contributed by atoms with van der Waals surface area (Å²) in [5, 5.41) is 5.61. The van der Waals surface area contributed by atoms with Crippen molar-refractivity contribution in [3.8, 4) is 33.5 Å². The molecule has 4 aromatic heterocycles. The molecule has 0 bridgehead atoms. The summed E-state index contributed by atoms with van der Waals surface area (Å²) in [4.78, 5) is 11.8. The number of hydrogen-bond acceptors (Lipinski definition) is 5. The lowest BCUT2D eigenvalue weighted by molar-refractivity contribution is 0.668. The van der Waals surface area contributed by atoms with Crippen molar-refractivity contribution in [3.63, 3.8) is 0 Å². The third-order valence-corrected chi connectivity index (χ3v) is 10.6. The molecule has 0 unspecified atom stereocenters. The molecule has 258 valence electrons. The first-order valence-corrected chi connectivity index (χ1v) is 18.4. The number of fused-ring (bicyclic) bond motifs is 7. The highest BCUT2D eigenvalue weighted by molar-refractivity contribution is 6.09. The van der Waals surface area contributed by atoms with Crippen LogP contribution in [0.5, 0.6) is 0 Å². The average Bonchev–Trinajstić information content (AvgIpc) is 3.83. The van der Waals surface area contributed by atoms with Crippen molar-refractivity contribution in [2.45, 2.75) is 0 Å². The lowest BCUT2D eigenvalue weighted by atomic mass is 9.97. The maximum absolute atomic E-state index is 6.35. The van der Waals surface area contributed by atoms with E-state index in [4.69, 9.17) is 13.8 Å². The number of aromatic nitrogens is 2. The van der Waals surface area contributed by atoms with E-state index in [-0.39, 0.29) is 0 Å². The van der Waals surface area contributed by atoms with E-state index >= 15 is 0 Å². The standard InChI is InChI=1S/C50H31N3O2/c1-2-13-39-32(9-1)10-8-16-40(39)35-11-7-12-38(31-35)53(36-23-19-33(20-24-36)41-27-29-52-48-44-15-4-6-18-46(44)55-49(41)48)37-25-21-34(22-26-37)47-50-43(28-30-51-47)42-14-3-5-17-45(42)54-50/h1-31H. The lowest BCUT2D eigenvalue weighted by Crippen LogP contribution is -2.10. The van der Waals surface area contributed by atoms with Crippen LogP contribution in [0.1, 0.15) is 0 Å². The quantitative estimate of drug-likeness (QED) is 0.172. The normalized spacial score (nSPS) is 11.6. The van der Waals surface area contributed by atoms with E-state index in [0.717, 1.165) is 89.0 Å². The molecule has 7 aromatic carbocycles. The van der Waals surface area contributed by atoms with E-state index in [0.29, 0.717) is 0 Å². The first kappa shape index (κ1) is 31.1. The van der Waals surface area contributed by atoms with E-state index < -0.39 is 0 Å². The van der Waals surface area contributed by atoms with Gasteiger partial charge in [-0.2, -0.15) is 0 Å². The summed E-state index contributed by atoms with van der Waals surface area (Å²) < 4.78 is 12.7. The van der Waals surface area contributed by atoms with Gasteiger partial charge in [0.05, 0.1) is 0 Å². The number of hydrogen-bond donors (Lipinski definition) is 0. The summed E-state index contributed by atoms with van der Waals surface area (Å²) in [5.74, 6) is 0. The second kappa shape index (κ2) is 12.6. The van der Waals surface area contributed by atoms with Crippen molar-refractivity contribution in [1.29, 1.82) is 0 Å². The Hall–Kier alpha value is -7.50. The van der Waals surface area contributed by atoms with Crippen LogP contribution in [0.3, 0.4) is 0 Å². The highest BCUT2D eigenvalue weighted by Gasteiger charge is 2.18. The summed E-state index contributed by atoms with van der Waals surface area (Å²) in [6.07, 6.45) is 3.73. The van der Waals surface area contributed by atoms with Crippen LogP contribution >= 0.6 is 0 Å². The molecule has 0 atom stereocenters. The van der Waals surface area contributed by atoms with Crippen molar-refractivity contribution in [3.05, 3.63) is 188 Å². The molecule has 0 aliphatic rings. The fraction of sp³-hybridized carbons (Fsp3) is 0. The average molecular weight is 706 g/mol. The molecule has 0 saturated heterocycles. The van der Waals surface area contributed by atoms with Crippen LogP contribution in [0, 0.1) is 0 Å². The second-order valence-corrected chi connectivity index (χ2v) is 13.8. The molecule has 0 saturated carbocycles. The largest absolute Gasteiger partial charge is 0.454 e. The minimum absolute atomic E-state index is 0.791. The van der Waals surface area contributed by atoms with Crippen LogP contribution in [-0.2, 0) is 0 Å².